The van der Waals surface area contributed by atoms with Crippen molar-refractivity contribution >= 4 is 27.5 Å². The predicted molar refractivity (Wildman–Crippen MR) is 112 cm³/mol. The highest BCUT2D eigenvalue weighted by Gasteiger charge is 2.47. The lowest BCUT2D eigenvalue weighted by Crippen LogP contribution is -2.30. The second-order valence-electron chi connectivity index (χ2n) is 8.14. The Morgan fingerprint density at radius 3 is 2.70 bits per heavy atom. The highest BCUT2D eigenvalue weighted by molar-refractivity contribution is 9.10. The van der Waals surface area contributed by atoms with Gasteiger partial charge in [0, 0.05) is 29.2 Å². The zero-order chi connectivity index (χ0) is 18.4. The Morgan fingerprint density at radius 2 is 1.89 bits per heavy atom. The van der Waals surface area contributed by atoms with Crippen molar-refractivity contribution in [1.82, 2.24) is 4.90 Å². The standard InChI is InChI=1S/C23H25BrN2O/c24-18-7-3-5-16(13-18)20-14-21(20)23(27)26-12-9-19-17(6-4-8-22(19)26)15-25-10-1-2-11-25/h3-8,13,20-21H,1-2,9-12,14-15H2/t20-,21+/m1/s1. The molecule has 0 unspecified atom stereocenters. The number of carbonyl (C=O) groups excluding carboxylic acids is 1. The highest BCUT2D eigenvalue weighted by atomic mass is 79.9. The van der Waals surface area contributed by atoms with Crippen molar-refractivity contribution in [2.24, 2.45) is 5.92 Å². The van der Waals surface area contributed by atoms with Gasteiger partial charge in [-0.2, -0.15) is 0 Å². The van der Waals surface area contributed by atoms with Gasteiger partial charge in [-0.15, -0.1) is 0 Å². The van der Waals surface area contributed by atoms with E-state index >= 15 is 0 Å². The summed E-state index contributed by atoms with van der Waals surface area (Å²) in [4.78, 5) is 17.8. The average molecular weight is 425 g/mol. The molecule has 1 amide bonds. The number of amides is 1. The molecule has 1 saturated carbocycles. The van der Waals surface area contributed by atoms with E-state index in [4.69, 9.17) is 0 Å². The van der Waals surface area contributed by atoms with E-state index in [9.17, 15) is 4.79 Å². The van der Waals surface area contributed by atoms with Crippen LogP contribution in [0.25, 0.3) is 0 Å². The van der Waals surface area contributed by atoms with E-state index in [-0.39, 0.29) is 5.92 Å². The van der Waals surface area contributed by atoms with Crippen molar-refractivity contribution in [1.29, 1.82) is 0 Å². The third kappa shape index (κ3) is 3.34. The van der Waals surface area contributed by atoms with E-state index in [1.54, 1.807) is 0 Å². The molecule has 2 heterocycles. The van der Waals surface area contributed by atoms with Gasteiger partial charge in [-0.25, -0.2) is 0 Å². The Bertz CT molecular complexity index is 874. The third-order valence-corrected chi connectivity index (χ3v) is 6.86. The first-order chi connectivity index (χ1) is 13.2. The number of nitrogens with zero attached hydrogens (tertiary/aromatic N) is 2. The minimum absolute atomic E-state index is 0.146. The molecule has 0 bridgehead atoms. The van der Waals surface area contributed by atoms with E-state index in [0.29, 0.717) is 11.8 Å². The summed E-state index contributed by atoms with van der Waals surface area (Å²) in [5.41, 5.74) is 5.27. The van der Waals surface area contributed by atoms with Crippen LogP contribution in [0.2, 0.25) is 0 Å². The van der Waals surface area contributed by atoms with Crippen LogP contribution >= 0.6 is 15.9 Å². The maximum absolute atomic E-state index is 13.2. The lowest BCUT2D eigenvalue weighted by molar-refractivity contribution is -0.119. The van der Waals surface area contributed by atoms with Crippen molar-refractivity contribution in [3.8, 4) is 0 Å². The second kappa shape index (κ2) is 7.06. The van der Waals surface area contributed by atoms with Crippen LogP contribution in [-0.2, 0) is 17.8 Å². The normalized spacial score (nSPS) is 24.3. The minimum Gasteiger partial charge on any atom is -0.312 e. The Hall–Kier alpha value is -1.65. The van der Waals surface area contributed by atoms with Gasteiger partial charge >= 0.3 is 0 Å². The molecule has 140 valence electrons. The van der Waals surface area contributed by atoms with Crippen molar-refractivity contribution in [2.45, 2.75) is 38.1 Å². The quantitative estimate of drug-likeness (QED) is 0.707. The molecule has 1 saturated heterocycles. The number of rotatable bonds is 4. The van der Waals surface area contributed by atoms with Gasteiger partial charge in [-0.3, -0.25) is 9.69 Å². The number of fused-ring (bicyclic) bond motifs is 1. The summed E-state index contributed by atoms with van der Waals surface area (Å²) in [6.45, 7) is 4.30. The first kappa shape index (κ1) is 17.4. The third-order valence-electron chi connectivity index (χ3n) is 6.37. The van der Waals surface area contributed by atoms with Crippen LogP contribution in [0.3, 0.4) is 0 Å². The molecule has 1 aliphatic carbocycles. The van der Waals surface area contributed by atoms with Gasteiger partial charge in [0.1, 0.15) is 0 Å². The molecule has 0 radical (unpaired) electrons. The molecule has 2 aromatic rings. The number of anilines is 1. The van der Waals surface area contributed by atoms with E-state index in [0.717, 1.165) is 36.1 Å². The number of hydrogen-bond acceptors (Lipinski definition) is 2. The summed E-state index contributed by atoms with van der Waals surface area (Å²) in [5, 5.41) is 0. The summed E-state index contributed by atoms with van der Waals surface area (Å²) >= 11 is 3.55. The lowest BCUT2D eigenvalue weighted by Gasteiger charge is -2.20. The van der Waals surface area contributed by atoms with Crippen molar-refractivity contribution in [3.63, 3.8) is 0 Å². The van der Waals surface area contributed by atoms with Gasteiger partial charge in [0.15, 0.2) is 0 Å². The molecule has 5 rings (SSSR count). The lowest BCUT2D eigenvalue weighted by atomic mass is 10.0. The van der Waals surface area contributed by atoms with E-state index in [1.807, 2.05) is 6.07 Å². The Balaban J connectivity index is 1.33. The maximum atomic E-state index is 13.2. The molecule has 2 aliphatic heterocycles. The fourth-order valence-electron chi connectivity index (χ4n) is 4.84. The molecule has 27 heavy (non-hydrogen) atoms. The molecule has 0 N–H and O–H groups in total. The smallest absolute Gasteiger partial charge is 0.230 e. The van der Waals surface area contributed by atoms with E-state index in [1.165, 1.54) is 42.6 Å². The van der Waals surface area contributed by atoms with Crippen LogP contribution in [0.1, 0.15) is 41.9 Å². The van der Waals surface area contributed by atoms with E-state index in [2.05, 4.69) is 62.1 Å². The average Bonchev–Trinajstić information content (AvgIpc) is 3.08. The van der Waals surface area contributed by atoms with Gasteiger partial charge < -0.3 is 4.90 Å². The molecular formula is C23H25BrN2O. The van der Waals surface area contributed by atoms with Crippen LogP contribution in [0, 0.1) is 5.92 Å². The molecule has 2 aromatic carbocycles. The number of carbonyl (C=O) groups is 1. The second-order valence-corrected chi connectivity index (χ2v) is 9.06. The van der Waals surface area contributed by atoms with Crippen LogP contribution in [0.5, 0.6) is 0 Å². The minimum atomic E-state index is 0.146. The molecule has 0 spiro atoms. The predicted octanol–water partition coefficient (Wildman–Crippen LogP) is 4.74. The van der Waals surface area contributed by atoms with Gasteiger partial charge in [0.25, 0.3) is 0 Å². The van der Waals surface area contributed by atoms with Gasteiger partial charge in [0.05, 0.1) is 0 Å². The first-order valence-corrected chi connectivity index (χ1v) is 10.9. The number of halogens is 1. The molecule has 2 fully saturated rings. The summed E-state index contributed by atoms with van der Waals surface area (Å²) in [6, 6.07) is 14.9. The van der Waals surface area contributed by atoms with Crippen LogP contribution in [0.4, 0.5) is 5.69 Å². The van der Waals surface area contributed by atoms with Gasteiger partial charge in [0.2, 0.25) is 5.91 Å². The molecule has 3 nitrogen and oxygen atoms in total. The van der Waals surface area contributed by atoms with Crippen molar-refractivity contribution in [3.05, 3.63) is 63.6 Å². The largest absolute Gasteiger partial charge is 0.312 e. The fourth-order valence-corrected chi connectivity index (χ4v) is 5.26. The summed E-state index contributed by atoms with van der Waals surface area (Å²) in [6.07, 6.45) is 4.62. The highest BCUT2D eigenvalue weighted by Crippen LogP contribution is 2.50. The maximum Gasteiger partial charge on any atom is 0.230 e. The molecular weight excluding hydrogens is 400 g/mol. The Labute approximate surface area is 169 Å². The Morgan fingerprint density at radius 1 is 1.07 bits per heavy atom. The SMILES string of the molecule is O=C([C@H]1C[C@@H]1c1cccc(Br)c1)N1CCc2c(CN3CCCC3)cccc21. The zero-order valence-corrected chi connectivity index (χ0v) is 17.1. The topological polar surface area (TPSA) is 23.6 Å². The zero-order valence-electron chi connectivity index (χ0n) is 15.5. The number of hydrogen-bond donors (Lipinski definition) is 0. The molecule has 2 atom stereocenters. The fraction of sp³-hybridized carbons (Fsp3) is 0.435. The Kier molecular flexibility index (Phi) is 4.57. The summed E-state index contributed by atoms with van der Waals surface area (Å²) in [7, 11) is 0. The van der Waals surface area contributed by atoms with E-state index < -0.39 is 0 Å². The van der Waals surface area contributed by atoms with Crippen LogP contribution < -0.4 is 4.90 Å². The van der Waals surface area contributed by atoms with Crippen LogP contribution in [0.15, 0.2) is 46.9 Å². The van der Waals surface area contributed by atoms with Crippen LogP contribution in [-0.4, -0.2) is 30.4 Å². The van der Waals surface area contributed by atoms with Gasteiger partial charge in [-0.05, 0) is 79.6 Å². The molecule has 3 aliphatic rings. The summed E-state index contributed by atoms with van der Waals surface area (Å²) in [5.74, 6) is 0.844. The summed E-state index contributed by atoms with van der Waals surface area (Å²) < 4.78 is 1.09. The monoisotopic (exact) mass is 424 g/mol. The van der Waals surface area contributed by atoms with Crippen molar-refractivity contribution in [2.75, 3.05) is 24.5 Å². The number of likely N-dealkylation sites (tertiary alicyclic amines) is 1. The molecule has 0 aromatic heterocycles. The van der Waals surface area contributed by atoms with Crippen molar-refractivity contribution < 1.29 is 4.79 Å². The first-order valence-electron chi connectivity index (χ1n) is 10.1. The van der Waals surface area contributed by atoms with Gasteiger partial charge in [-0.1, -0.05) is 40.2 Å². The number of benzene rings is 2. The molecule has 4 heteroatoms.